The van der Waals surface area contributed by atoms with E-state index in [0.717, 1.165) is 6.08 Å². The molecule has 0 spiro atoms. The number of hydrogen-bond acceptors (Lipinski definition) is 3. The van der Waals surface area contributed by atoms with E-state index in [1.54, 1.807) is 0 Å². The lowest BCUT2D eigenvalue weighted by Gasteiger charge is -2.29. The summed E-state index contributed by atoms with van der Waals surface area (Å²) in [7, 11) is 0. The second kappa shape index (κ2) is 4.32. The Bertz CT molecular complexity index is 501. The first-order valence-corrected chi connectivity index (χ1v) is 5.77. The molecule has 0 bridgehead atoms. The van der Waals surface area contributed by atoms with Crippen molar-refractivity contribution in [3.05, 3.63) is 24.0 Å². The number of fused-ring (bicyclic) bond motifs is 1. The van der Waals surface area contributed by atoms with E-state index in [1.165, 1.54) is 12.2 Å². The highest BCUT2D eigenvalue weighted by molar-refractivity contribution is 9.10. The van der Waals surface area contributed by atoms with Crippen molar-refractivity contribution in [1.82, 2.24) is 5.32 Å². The molecule has 9 heteroatoms. The average Bonchev–Trinajstić information content (AvgIpc) is 2.51. The van der Waals surface area contributed by atoms with Gasteiger partial charge in [0.2, 0.25) is 5.91 Å². The van der Waals surface area contributed by atoms with Crippen LogP contribution in [0.1, 0.15) is 0 Å². The van der Waals surface area contributed by atoms with Crippen molar-refractivity contribution in [3.8, 4) is 0 Å². The fraction of sp³-hybridized carbons (Fsp3) is 0.400. The molecule has 0 aromatic rings. The Hall–Kier alpha value is -1.38. The predicted octanol–water partition coefficient (Wildman–Crippen LogP) is 1.72. The molecule has 1 fully saturated rings. The smallest absolute Gasteiger partial charge is 0.455 e. The first kappa shape index (κ1) is 14.0. The summed E-state index contributed by atoms with van der Waals surface area (Å²) in [4.78, 5) is 23.1. The monoisotopic (exact) mass is 343 g/mol. The normalized spacial score (nSPS) is 31.6. The summed E-state index contributed by atoms with van der Waals surface area (Å²) >= 11 is 2.88. The summed E-state index contributed by atoms with van der Waals surface area (Å²) in [5.74, 6) is -3.28. The highest BCUT2D eigenvalue weighted by Crippen LogP contribution is 2.44. The molecule has 19 heavy (non-hydrogen) atoms. The van der Waals surface area contributed by atoms with E-state index in [2.05, 4.69) is 20.7 Å². The van der Waals surface area contributed by atoms with E-state index in [1.807, 2.05) is 5.32 Å². The maximum absolute atomic E-state index is 12.9. The predicted molar refractivity (Wildman–Crippen MR) is 57.6 cm³/mol. The molecule has 1 aliphatic carbocycles. The van der Waals surface area contributed by atoms with Gasteiger partial charge in [-0.2, -0.15) is 17.6 Å². The summed E-state index contributed by atoms with van der Waals surface area (Å²) < 4.78 is 51.6. The minimum Gasteiger partial charge on any atom is -0.455 e. The third kappa shape index (κ3) is 2.15. The van der Waals surface area contributed by atoms with Crippen LogP contribution in [-0.2, 0) is 14.3 Å². The van der Waals surface area contributed by atoms with Crippen LogP contribution >= 0.6 is 15.9 Å². The zero-order valence-electron chi connectivity index (χ0n) is 9.00. The molecule has 2 amide bonds. The van der Waals surface area contributed by atoms with E-state index in [-0.39, 0.29) is 0 Å². The molecule has 2 rings (SSSR count). The number of nitrogens with one attached hydrogen (secondary N) is 1. The van der Waals surface area contributed by atoms with Gasteiger partial charge in [-0.05, 0) is 6.08 Å². The first-order valence-electron chi connectivity index (χ1n) is 4.98. The van der Waals surface area contributed by atoms with Crippen molar-refractivity contribution >= 4 is 27.7 Å². The van der Waals surface area contributed by atoms with E-state index in [9.17, 15) is 27.2 Å². The first-order chi connectivity index (χ1) is 8.67. The minimum atomic E-state index is -5.22. The number of halogens is 5. The summed E-state index contributed by atoms with van der Waals surface area (Å²) in [5, 5.41) is 1.94. The van der Waals surface area contributed by atoms with Crippen LogP contribution in [0.25, 0.3) is 0 Å². The average molecular weight is 344 g/mol. The third-order valence-electron chi connectivity index (χ3n) is 2.68. The van der Waals surface area contributed by atoms with Gasteiger partial charge in [0.25, 0.3) is 5.91 Å². The molecule has 1 heterocycles. The maximum Gasteiger partial charge on any atom is 0.457 e. The molecule has 2 aliphatic rings. The Morgan fingerprint density at radius 1 is 1.42 bits per heavy atom. The van der Waals surface area contributed by atoms with E-state index in [0.29, 0.717) is 0 Å². The number of rotatable bonds is 2. The Balaban J connectivity index is 2.31. The molecule has 3 unspecified atom stereocenters. The van der Waals surface area contributed by atoms with Crippen LogP contribution in [0.2, 0.25) is 0 Å². The maximum atomic E-state index is 12.9. The molecule has 0 aromatic carbocycles. The largest absolute Gasteiger partial charge is 0.457 e. The molecule has 3 atom stereocenters. The number of imide groups is 1. The number of alkyl halides is 5. The summed E-state index contributed by atoms with van der Waals surface area (Å²) in [5.41, 5.74) is 0. The second-order valence-electron chi connectivity index (χ2n) is 3.90. The van der Waals surface area contributed by atoms with Crippen molar-refractivity contribution in [2.75, 3.05) is 0 Å². The van der Waals surface area contributed by atoms with Crippen LogP contribution in [0.5, 0.6) is 0 Å². The van der Waals surface area contributed by atoms with Crippen LogP contribution in [-0.4, -0.2) is 28.7 Å². The van der Waals surface area contributed by atoms with E-state index >= 15 is 0 Å². The lowest BCUT2D eigenvalue weighted by atomic mass is 9.89. The summed E-state index contributed by atoms with van der Waals surface area (Å²) in [6.45, 7) is 0. The van der Waals surface area contributed by atoms with Gasteiger partial charge in [0.1, 0.15) is 5.76 Å². The Morgan fingerprint density at radius 2 is 2.05 bits per heavy atom. The lowest BCUT2D eigenvalue weighted by molar-refractivity contribution is -0.254. The highest BCUT2D eigenvalue weighted by Gasteiger charge is 2.58. The fourth-order valence-electron chi connectivity index (χ4n) is 1.77. The van der Waals surface area contributed by atoms with Crippen LogP contribution in [0.3, 0.4) is 0 Å². The molecule has 4 nitrogen and oxygen atoms in total. The van der Waals surface area contributed by atoms with Crippen molar-refractivity contribution in [3.63, 3.8) is 0 Å². The number of amides is 2. The quantitative estimate of drug-likeness (QED) is 0.472. The van der Waals surface area contributed by atoms with Gasteiger partial charge in [0.15, 0.2) is 4.32 Å². The Morgan fingerprint density at radius 3 is 2.63 bits per heavy atom. The van der Waals surface area contributed by atoms with Gasteiger partial charge in [-0.3, -0.25) is 14.9 Å². The molecule has 0 saturated carbocycles. The standard InChI is InChI=1S/C10H6BrF4NO3/c11-9-4(6(17)16-8(9)18)2-1-3-5(9)19-7(12)10(13,14)15/h1-4,7H,(H,16,17,18). The van der Waals surface area contributed by atoms with Gasteiger partial charge in [-0.1, -0.05) is 28.1 Å². The number of hydrogen-bond donors (Lipinski definition) is 1. The topological polar surface area (TPSA) is 55.4 Å². The zero-order chi connectivity index (χ0) is 14.4. The summed E-state index contributed by atoms with van der Waals surface area (Å²) in [6.07, 6.45) is -5.27. The number of allylic oxidation sites excluding steroid dienone is 2. The number of carbonyl (C=O) groups excluding carboxylic acids is 2. The van der Waals surface area contributed by atoms with Gasteiger partial charge in [-0.25, -0.2) is 0 Å². The minimum absolute atomic E-state index is 0.604. The fourth-order valence-corrected chi connectivity index (χ4v) is 2.45. The van der Waals surface area contributed by atoms with Crippen molar-refractivity contribution in [2.24, 2.45) is 5.92 Å². The number of carbonyl (C=O) groups is 2. The zero-order valence-corrected chi connectivity index (χ0v) is 10.6. The SMILES string of the molecule is O=C1NC(=O)C2(Br)C(OC(F)C(F)(F)F)=CC=CC12. The molecule has 1 N–H and O–H groups in total. The molecule has 1 saturated heterocycles. The van der Waals surface area contributed by atoms with Crippen molar-refractivity contribution in [2.45, 2.75) is 16.9 Å². The van der Waals surface area contributed by atoms with E-state index in [4.69, 9.17) is 0 Å². The molecule has 0 radical (unpaired) electrons. The Kier molecular flexibility index (Phi) is 3.20. The molecule has 104 valence electrons. The van der Waals surface area contributed by atoms with Crippen LogP contribution in [0, 0.1) is 5.92 Å². The van der Waals surface area contributed by atoms with Crippen LogP contribution in [0.15, 0.2) is 24.0 Å². The van der Waals surface area contributed by atoms with Gasteiger partial charge >= 0.3 is 12.5 Å². The van der Waals surface area contributed by atoms with Crippen molar-refractivity contribution in [1.29, 1.82) is 0 Å². The molecular weight excluding hydrogens is 338 g/mol. The molecule has 0 aromatic heterocycles. The van der Waals surface area contributed by atoms with Crippen LogP contribution < -0.4 is 5.32 Å². The molecular formula is C10H6BrF4NO3. The van der Waals surface area contributed by atoms with Gasteiger partial charge < -0.3 is 4.74 Å². The third-order valence-corrected chi connectivity index (χ3v) is 3.92. The van der Waals surface area contributed by atoms with E-state index < -0.39 is 40.3 Å². The second-order valence-corrected chi connectivity index (χ2v) is 5.15. The Labute approximate surface area is 112 Å². The van der Waals surface area contributed by atoms with Gasteiger partial charge in [0, 0.05) is 0 Å². The highest BCUT2D eigenvalue weighted by atomic mass is 79.9. The van der Waals surface area contributed by atoms with Crippen molar-refractivity contribution < 1.29 is 31.9 Å². The lowest BCUT2D eigenvalue weighted by Crippen LogP contribution is -2.42. The number of ether oxygens (including phenoxy) is 1. The summed E-state index contributed by atoms with van der Waals surface area (Å²) in [6, 6.07) is 0. The van der Waals surface area contributed by atoms with Gasteiger partial charge in [0.05, 0.1) is 5.92 Å². The van der Waals surface area contributed by atoms with Crippen LogP contribution in [0.4, 0.5) is 17.6 Å². The molecule has 1 aliphatic heterocycles. The van der Waals surface area contributed by atoms with Gasteiger partial charge in [-0.15, -0.1) is 0 Å².